The monoisotopic (exact) mass is 221 g/mol. The fourth-order valence-corrected chi connectivity index (χ4v) is 1.38. The molecule has 0 bridgehead atoms. The molecule has 3 heteroatoms. The molecule has 0 saturated carbocycles. The number of benzene rings is 1. The van der Waals surface area contributed by atoms with Crippen LogP contribution in [0.3, 0.4) is 0 Å². The first-order valence-electron chi connectivity index (χ1n) is 5.45. The normalized spacial score (nSPS) is 11.0. The summed E-state index contributed by atoms with van der Waals surface area (Å²) in [5.41, 5.74) is 2.19. The predicted octanol–water partition coefficient (Wildman–Crippen LogP) is 3.55. The molecule has 1 rings (SSSR count). The predicted molar refractivity (Wildman–Crippen MR) is 65.8 cm³/mol. The van der Waals surface area contributed by atoms with Crippen LogP contribution in [0.5, 0.6) is 0 Å². The van der Waals surface area contributed by atoms with Gasteiger partial charge in [0.05, 0.1) is 7.11 Å². The van der Waals surface area contributed by atoms with Gasteiger partial charge in [-0.25, -0.2) is 4.79 Å². The van der Waals surface area contributed by atoms with Crippen LogP contribution in [0.15, 0.2) is 24.3 Å². The molecule has 0 aliphatic carbocycles. The smallest absolute Gasteiger partial charge is 0.411 e. The number of carbonyl (C=O) groups is 1. The van der Waals surface area contributed by atoms with E-state index >= 15 is 0 Å². The SMILES string of the molecule is CCC(C)(C)c1ccc(NC(=O)OC)cc1. The molecule has 0 aliphatic rings. The maximum atomic E-state index is 11.0. The van der Waals surface area contributed by atoms with Crippen molar-refractivity contribution in [2.75, 3.05) is 12.4 Å². The summed E-state index contributed by atoms with van der Waals surface area (Å²) in [5.74, 6) is 0. The van der Waals surface area contributed by atoms with Crippen molar-refractivity contribution in [1.82, 2.24) is 0 Å². The molecule has 0 aromatic heterocycles. The van der Waals surface area contributed by atoms with E-state index in [1.807, 2.05) is 24.3 Å². The van der Waals surface area contributed by atoms with Gasteiger partial charge in [0.1, 0.15) is 0 Å². The third-order valence-electron chi connectivity index (χ3n) is 2.98. The number of nitrogens with one attached hydrogen (secondary N) is 1. The van der Waals surface area contributed by atoms with Crippen LogP contribution in [-0.4, -0.2) is 13.2 Å². The Morgan fingerprint density at radius 2 is 1.88 bits per heavy atom. The van der Waals surface area contributed by atoms with Crippen LogP contribution < -0.4 is 5.32 Å². The Bertz CT molecular complexity index is 355. The van der Waals surface area contributed by atoms with Crippen LogP contribution in [0.4, 0.5) is 10.5 Å². The van der Waals surface area contributed by atoms with Gasteiger partial charge >= 0.3 is 6.09 Å². The molecule has 0 saturated heterocycles. The number of hydrogen-bond acceptors (Lipinski definition) is 2. The summed E-state index contributed by atoms with van der Waals surface area (Å²) < 4.78 is 4.52. The molecule has 3 nitrogen and oxygen atoms in total. The number of ether oxygens (including phenoxy) is 1. The van der Waals surface area contributed by atoms with Gasteiger partial charge in [0.2, 0.25) is 0 Å². The molecule has 0 fully saturated rings. The van der Waals surface area contributed by atoms with Gasteiger partial charge in [0.15, 0.2) is 0 Å². The summed E-state index contributed by atoms with van der Waals surface area (Å²) in [4.78, 5) is 11.0. The van der Waals surface area contributed by atoms with E-state index in [1.165, 1.54) is 12.7 Å². The number of methoxy groups -OCH3 is 1. The largest absolute Gasteiger partial charge is 0.453 e. The van der Waals surface area contributed by atoms with E-state index in [-0.39, 0.29) is 5.41 Å². The summed E-state index contributed by atoms with van der Waals surface area (Å²) in [6.07, 6.45) is 0.638. The second kappa shape index (κ2) is 5.01. The van der Waals surface area contributed by atoms with Crippen molar-refractivity contribution < 1.29 is 9.53 Å². The lowest BCUT2D eigenvalue weighted by molar-refractivity contribution is 0.187. The van der Waals surface area contributed by atoms with Gasteiger partial charge in [-0.15, -0.1) is 0 Å². The average molecular weight is 221 g/mol. The molecule has 0 spiro atoms. The number of carbonyl (C=O) groups excluding carboxylic acids is 1. The molecule has 0 heterocycles. The molecule has 0 atom stereocenters. The summed E-state index contributed by atoms with van der Waals surface area (Å²) in [6.45, 7) is 6.58. The Morgan fingerprint density at radius 1 is 1.31 bits per heavy atom. The van der Waals surface area contributed by atoms with Crippen LogP contribution >= 0.6 is 0 Å². The van der Waals surface area contributed by atoms with Crippen molar-refractivity contribution in [3.63, 3.8) is 0 Å². The summed E-state index contributed by atoms with van der Waals surface area (Å²) in [5, 5.41) is 2.63. The van der Waals surface area contributed by atoms with Gasteiger partial charge in [0, 0.05) is 5.69 Å². The Morgan fingerprint density at radius 3 is 2.31 bits per heavy atom. The quantitative estimate of drug-likeness (QED) is 0.847. The molecule has 1 amide bonds. The third kappa shape index (κ3) is 2.99. The minimum absolute atomic E-state index is 0.170. The number of amides is 1. The van der Waals surface area contributed by atoms with E-state index in [1.54, 1.807) is 0 Å². The highest BCUT2D eigenvalue weighted by Crippen LogP contribution is 2.27. The Hall–Kier alpha value is -1.51. The molecule has 16 heavy (non-hydrogen) atoms. The Kier molecular flexibility index (Phi) is 3.93. The average Bonchev–Trinajstić information content (AvgIpc) is 2.29. The first-order chi connectivity index (χ1) is 7.49. The fourth-order valence-electron chi connectivity index (χ4n) is 1.38. The molecule has 0 aliphatic heterocycles. The molecular weight excluding hydrogens is 202 g/mol. The minimum Gasteiger partial charge on any atom is -0.453 e. The third-order valence-corrected chi connectivity index (χ3v) is 2.98. The van der Waals surface area contributed by atoms with Crippen molar-refractivity contribution in [3.05, 3.63) is 29.8 Å². The van der Waals surface area contributed by atoms with Gasteiger partial charge < -0.3 is 4.74 Å². The first kappa shape index (κ1) is 12.6. The molecule has 1 N–H and O–H groups in total. The lowest BCUT2D eigenvalue weighted by Gasteiger charge is -2.23. The van der Waals surface area contributed by atoms with E-state index in [0.717, 1.165) is 12.1 Å². The van der Waals surface area contributed by atoms with E-state index in [0.29, 0.717) is 0 Å². The molecule has 1 aromatic carbocycles. The molecule has 1 aromatic rings. The first-order valence-corrected chi connectivity index (χ1v) is 5.45. The molecule has 88 valence electrons. The summed E-state index contributed by atoms with van der Waals surface area (Å²) in [6, 6.07) is 7.86. The van der Waals surface area contributed by atoms with Crippen molar-refractivity contribution in [3.8, 4) is 0 Å². The van der Waals surface area contributed by atoms with E-state index in [4.69, 9.17) is 0 Å². The number of hydrogen-bond donors (Lipinski definition) is 1. The lowest BCUT2D eigenvalue weighted by Crippen LogP contribution is -2.15. The van der Waals surface area contributed by atoms with Crippen molar-refractivity contribution in [2.24, 2.45) is 0 Å². The summed E-state index contributed by atoms with van der Waals surface area (Å²) >= 11 is 0. The minimum atomic E-state index is -0.442. The van der Waals surface area contributed by atoms with Gasteiger partial charge in [-0.3, -0.25) is 5.32 Å². The maximum absolute atomic E-state index is 11.0. The topological polar surface area (TPSA) is 38.3 Å². The van der Waals surface area contributed by atoms with E-state index < -0.39 is 6.09 Å². The summed E-state index contributed by atoms with van der Waals surface area (Å²) in [7, 11) is 1.35. The van der Waals surface area contributed by atoms with Crippen LogP contribution in [0.25, 0.3) is 0 Å². The number of anilines is 1. The highest BCUT2D eigenvalue weighted by molar-refractivity contribution is 5.84. The Labute approximate surface area is 96.8 Å². The lowest BCUT2D eigenvalue weighted by atomic mass is 9.82. The zero-order valence-electron chi connectivity index (χ0n) is 10.3. The van der Waals surface area contributed by atoms with Gasteiger partial charge in [-0.2, -0.15) is 0 Å². The Balaban J connectivity index is 2.79. The van der Waals surface area contributed by atoms with E-state index in [9.17, 15) is 4.79 Å². The van der Waals surface area contributed by atoms with Gasteiger partial charge in [-0.05, 0) is 29.5 Å². The fraction of sp³-hybridized carbons (Fsp3) is 0.462. The van der Waals surface area contributed by atoms with Crippen molar-refractivity contribution >= 4 is 11.8 Å². The van der Waals surface area contributed by atoms with Crippen molar-refractivity contribution in [1.29, 1.82) is 0 Å². The second-order valence-corrected chi connectivity index (χ2v) is 4.43. The highest BCUT2D eigenvalue weighted by Gasteiger charge is 2.17. The van der Waals surface area contributed by atoms with Crippen LogP contribution in [0.2, 0.25) is 0 Å². The van der Waals surface area contributed by atoms with Gasteiger partial charge in [0.25, 0.3) is 0 Å². The standard InChI is InChI=1S/C13H19NO2/c1-5-13(2,3)10-6-8-11(9-7-10)14-12(15)16-4/h6-9H,5H2,1-4H3,(H,14,15). The molecule has 0 radical (unpaired) electrons. The second-order valence-electron chi connectivity index (χ2n) is 4.43. The van der Waals surface area contributed by atoms with E-state index in [2.05, 4.69) is 30.8 Å². The highest BCUT2D eigenvalue weighted by atomic mass is 16.5. The van der Waals surface area contributed by atoms with Crippen LogP contribution in [0.1, 0.15) is 32.8 Å². The maximum Gasteiger partial charge on any atom is 0.411 e. The van der Waals surface area contributed by atoms with Crippen LogP contribution in [0, 0.1) is 0 Å². The molecule has 0 unspecified atom stereocenters. The van der Waals surface area contributed by atoms with Crippen molar-refractivity contribution in [2.45, 2.75) is 32.6 Å². The number of rotatable bonds is 3. The zero-order valence-corrected chi connectivity index (χ0v) is 10.3. The van der Waals surface area contributed by atoms with Crippen LogP contribution in [-0.2, 0) is 10.2 Å². The zero-order chi connectivity index (χ0) is 12.2. The molecular formula is C13H19NO2. The van der Waals surface area contributed by atoms with Gasteiger partial charge in [-0.1, -0.05) is 32.9 Å².